The third-order valence-electron chi connectivity index (χ3n) is 3.73. The van der Waals surface area contributed by atoms with Crippen molar-refractivity contribution < 1.29 is 0 Å². The van der Waals surface area contributed by atoms with Gasteiger partial charge in [-0.15, -0.1) is 0 Å². The Morgan fingerprint density at radius 3 is 2.76 bits per heavy atom. The molecule has 2 aliphatic rings. The van der Waals surface area contributed by atoms with E-state index in [2.05, 4.69) is 36.1 Å². The second-order valence-corrected chi connectivity index (χ2v) is 5.72. The Hall–Kier alpha value is -0.680. The van der Waals surface area contributed by atoms with E-state index < -0.39 is 0 Å². The van der Waals surface area contributed by atoms with Crippen molar-refractivity contribution in [3.8, 4) is 0 Å². The third kappa shape index (κ3) is 2.31. The highest BCUT2D eigenvalue weighted by Crippen LogP contribution is 2.27. The zero-order valence-electron chi connectivity index (χ0n) is 9.77. The minimum absolute atomic E-state index is 0.582. The second kappa shape index (κ2) is 4.90. The predicted octanol–water partition coefficient (Wildman–Crippen LogP) is 1.96. The smallest absolute Gasteiger partial charge is 0.225 e. The maximum atomic E-state index is 4.42. The van der Waals surface area contributed by atoms with E-state index in [-0.39, 0.29) is 0 Å². The Kier molecular flexibility index (Phi) is 3.29. The van der Waals surface area contributed by atoms with Gasteiger partial charge in [0.15, 0.2) is 0 Å². The summed E-state index contributed by atoms with van der Waals surface area (Å²) >= 11 is 3.38. The molecule has 0 aliphatic carbocycles. The van der Waals surface area contributed by atoms with Gasteiger partial charge in [-0.3, -0.25) is 0 Å². The molecular formula is C12H17BrN4. The average Bonchev–Trinajstić information content (AvgIpc) is 3.00. The Morgan fingerprint density at radius 2 is 2.06 bits per heavy atom. The number of hydrogen-bond donors (Lipinski definition) is 1. The van der Waals surface area contributed by atoms with Crippen LogP contribution in [0.15, 0.2) is 16.9 Å². The van der Waals surface area contributed by atoms with Crippen LogP contribution in [-0.2, 0) is 0 Å². The molecule has 2 atom stereocenters. The molecule has 1 N–H and O–H groups in total. The summed E-state index contributed by atoms with van der Waals surface area (Å²) in [6, 6.07) is 1.21. The Labute approximate surface area is 110 Å². The normalized spacial score (nSPS) is 28.9. The van der Waals surface area contributed by atoms with Crippen LogP contribution in [0.2, 0.25) is 0 Å². The van der Waals surface area contributed by atoms with Crippen LogP contribution in [0.5, 0.6) is 0 Å². The molecule has 0 radical (unpaired) electrons. The zero-order valence-corrected chi connectivity index (χ0v) is 11.4. The van der Waals surface area contributed by atoms with Gasteiger partial charge >= 0.3 is 0 Å². The molecule has 1 aromatic heterocycles. The molecule has 2 unspecified atom stereocenters. The molecule has 0 saturated carbocycles. The van der Waals surface area contributed by atoms with Crippen LogP contribution in [0.3, 0.4) is 0 Å². The summed E-state index contributed by atoms with van der Waals surface area (Å²) in [5, 5.41) is 3.60. The summed E-state index contributed by atoms with van der Waals surface area (Å²) in [5.74, 6) is 0.879. The van der Waals surface area contributed by atoms with Crippen LogP contribution in [-0.4, -0.2) is 35.1 Å². The van der Waals surface area contributed by atoms with Crippen LogP contribution < -0.4 is 10.2 Å². The van der Waals surface area contributed by atoms with Gasteiger partial charge in [0, 0.05) is 31.0 Å². The molecule has 3 heterocycles. The lowest BCUT2D eigenvalue weighted by Crippen LogP contribution is -2.44. The van der Waals surface area contributed by atoms with E-state index >= 15 is 0 Å². The van der Waals surface area contributed by atoms with E-state index in [0.29, 0.717) is 12.1 Å². The van der Waals surface area contributed by atoms with Crippen molar-refractivity contribution in [1.82, 2.24) is 15.3 Å². The molecule has 2 aliphatic heterocycles. The lowest BCUT2D eigenvalue weighted by atomic mass is 10.0. The molecular weight excluding hydrogens is 280 g/mol. The number of anilines is 1. The predicted molar refractivity (Wildman–Crippen MR) is 71.1 cm³/mol. The van der Waals surface area contributed by atoms with Crippen molar-refractivity contribution in [3.63, 3.8) is 0 Å². The second-order valence-electron chi connectivity index (χ2n) is 4.81. The third-order valence-corrected chi connectivity index (χ3v) is 4.14. The van der Waals surface area contributed by atoms with Crippen molar-refractivity contribution >= 4 is 21.9 Å². The first-order valence-electron chi connectivity index (χ1n) is 6.32. The first-order chi connectivity index (χ1) is 8.34. The van der Waals surface area contributed by atoms with Gasteiger partial charge in [0.25, 0.3) is 0 Å². The zero-order chi connectivity index (χ0) is 11.7. The van der Waals surface area contributed by atoms with Crippen LogP contribution in [0.4, 0.5) is 5.95 Å². The molecule has 2 fully saturated rings. The van der Waals surface area contributed by atoms with Gasteiger partial charge < -0.3 is 10.2 Å². The van der Waals surface area contributed by atoms with Gasteiger partial charge in [0.1, 0.15) is 0 Å². The van der Waals surface area contributed by atoms with Gasteiger partial charge in [0.05, 0.1) is 4.47 Å². The van der Waals surface area contributed by atoms with Gasteiger partial charge in [-0.1, -0.05) is 0 Å². The van der Waals surface area contributed by atoms with Gasteiger partial charge in [0.2, 0.25) is 5.95 Å². The lowest BCUT2D eigenvalue weighted by molar-refractivity contribution is 0.478. The SMILES string of the molecule is Brc1cnc(N2CCCC2C2CCCN2)nc1. The Bertz CT molecular complexity index is 375. The summed E-state index contributed by atoms with van der Waals surface area (Å²) < 4.78 is 0.941. The van der Waals surface area contributed by atoms with E-state index in [1.54, 1.807) is 0 Å². The van der Waals surface area contributed by atoms with Crippen LogP contribution in [0, 0.1) is 0 Å². The average molecular weight is 297 g/mol. The molecule has 4 nitrogen and oxygen atoms in total. The fourth-order valence-corrected chi connectivity index (χ4v) is 3.16. The number of nitrogens with zero attached hydrogens (tertiary/aromatic N) is 3. The highest BCUT2D eigenvalue weighted by Gasteiger charge is 2.34. The molecule has 0 amide bonds. The monoisotopic (exact) mass is 296 g/mol. The standard InChI is InChI=1S/C12H17BrN4/c13-9-7-15-12(16-8-9)17-6-2-4-11(17)10-3-1-5-14-10/h7-8,10-11,14H,1-6H2. The van der Waals surface area contributed by atoms with Crippen LogP contribution >= 0.6 is 15.9 Å². The van der Waals surface area contributed by atoms with Gasteiger partial charge in [-0.05, 0) is 48.2 Å². The van der Waals surface area contributed by atoms with Crippen molar-refractivity contribution in [1.29, 1.82) is 0 Å². The first-order valence-corrected chi connectivity index (χ1v) is 7.11. The molecule has 0 bridgehead atoms. The van der Waals surface area contributed by atoms with Crippen molar-refractivity contribution in [2.24, 2.45) is 0 Å². The summed E-state index contributed by atoms with van der Waals surface area (Å²) in [6.45, 7) is 2.25. The number of rotatable bonds is 2. The molecule has 3 rings (SSSR count). The molecule has 0 spiro atoms. The molecule has 2 saturated heterocycles. The summed E-state index contributed by atoms with van der Waals surface area (Å²) in [5.41, 5.74) is 0. The van der Waals surface area contributed by atoms with E-state index in [1.807, 2.05) is 12.4 Å². The molecule has 0 aromatic carbocycles. The number of hydrogen-bond acceptors (Lipinski definition) is 4. The van der Waals surface area contributed by atoms with E-state index in [1.165, 1.54) is 25.7 Å². The van der Waals surface area contributed by atoms with Crippen molar-refractivity contribution in [3.05, 3.63) is 16.9 Å². The number of aromatic nitrogens is 2. The highest BCUT2D eigenvalue weighted by atomic mass is 79.9. The maximum absolute atomic E-state index is 4.42. The van der Waals surface area contributed by atoms with Crippen molar-refractivity contribution in [2.45, 2.75) is 37.8 Å². The fourth-order valence-electron chi connectivity index (χ4n) is 2.95. The quantitative estimate of drug-likeness (QED) is 0.906. The van der Waals surface area contributed by atoms with Crippen LogP contribution in [0.1, 0.15) is 25.7 Å². The number of nitrogens with one attached hydrogen (secondary N) is 1. The minimum Gasteiger partial charge on any atom is -0.336 e. The largest absolute Gasteiger partial charge is 0.336 e. The van der Waals surface area contributed by atoms with Crippen molar-refractivity contribution in [2.75, 3.05) is 18.0 Å². The minimum atomic E-state index is 0.582. The maximum Gasteiger partial charge on any atom is 0.225 e. The van der Waals surface area contributed by atoms with Crippen LogP contribution in [0.25, 0.3) is 0 Å². The topological polar surface area (TPSA) is 41.1 Å². The fraction of sp³-hybridized carbons (Fsp3) is 0.667. The molecule has 17 heavy (non-hydrogen) atoms. The molecule has 5 heteroatoms. The summed E-state index contributed by atoms with van der Waals surface area (Å²) in [7, 11) is 0. The molecule has 1 aromatic rings. The Morgan fingerprint density at radius 1 is 1.24 bits per heavy atom. The summed E-state index contributed by atoms with van der Waals surface area (Å²) in [6.07, 6.45) is 8.77. The molecule has 92 valence electrons. The van der Waals surface area contributed by atoms with Gasteiger partial charge in [-0.2, -0.15) is 0 Å². The van der Waals surface area contributed by atoms with E-state index in [0.717, 1.165) is 23.5 Å². The summed E-state index contributed by atoms with van der Waals surface area (Å²) in [4.78, 5) is 11.2. The Balaban J connectivity index is 1.78. The van der Waals surface area contributed by atoms with E-state index in [4.69, 9.17) is 0 Å². The highest BCUT2D eigenvalue weighted by molar-refractivity contribution is 9.10. The number of halogens is 1. The lowest BCUT2D eigenvalue weighted by Gasteiger charge is -2.29. The first kappa shape index (κ1) is 11.4. The van der Waals surface area contributed by atoms with E-state index in [9.17, 15) is 0 Å². The van der Waals surface area contributed by atoms with Gasteiger partial charge in [-0.25, -0.2) is 9.97 Å².